The molecule has 1 aliphatic carbocycles. The number of nitrogens with two attached hydrogens (primary N) is 1. The normalized spacial score (nSPS) is 30.7. The fraction of sp³-hybridized carbons (Fsp3) is 0.667. The van der Waals surface area contributed by atoms with Crippen molar-refractivity contribution < 1.29 is 13.2 Å². The number of alkyl halides is 3. The lowest BCUT2D eigenvalue weighted by atomic mass is 9.93. The zero-order valence-corrected chi connectivity index (χ0v) is 10.3. The lowest BCUT2D eigenvalue weighted by Crippen LogP contribution is -2.49. The summed E-state index contributed by atoms with van der Waals surface area (Å²) in [5.41, 5.74) is 5.20. The standard InChI is InChI=1S/C12H15F3N4/c13-12(14,15)9-3-10(18-6-17-9)19-4-7-1-2-8(5-19)11(7)16/h3,6-8,11H,1-2,4-5,16H2/t7-,8-/m1/s1. The fourth-order valence-corrected chi connectivity index (χ4v) is 3.13. The van der Waals surface area contributed by atoms with Crippen molar-refractivity contribution in [3.05, 3.63) is 18.1 Å². The molecule has 1 aliphatic heterocycles. The van der Waals surface area contributed by atoms with Crippen molar-refractivity contribution in [2.75, 3.05) is 18.0 Å². The van der Waals surface area contributed by atoms with Crippen LogP contribution in [0.3, 0.4) is 0 Å². The summed E-state index contributed by atoms with van der Waals surface area (Å²) in [4.78, 5) is 9.16. The Bertz CT molecular complexity index is 462. The predicted octanol–water partition coefficient (Wildman–Crippen LogP) is 1.67. The van der Waals surface area contributed by atoms with Gasteiger partial charge >= 0.3 is 6.18 Å². The van der Waals surface area contributed by atoms with E-state index in [2.05, 4.69) is 9.97 Å². The lowest BCUT2D eigenvalue weighted by Gasteiger charge is -2.36. The van der Waals surface area contributed by atoms with Crippen LogP contribution in [0, 0.1) is 11.8 Å². The van der Waals surface area contributed by atoms with Gasteiger partial charge in [0.25, 0.3) is 0 Å². The topological polar surface area (TPSA) is 55.0 Å². The first-order chi connectivity index (χ1) is 8.95. The van der Waals surface area contributed by atoms with Crippen LogP contribution in [-0.4, -0.2) is 29.1 Å². The Hall–Kier alpha value is -1.37. The van der Waals surface area contributed by atoms with E-state index in [0.717, 1.165) is 25.2 Å². The quantitative estimate of drug-likeness (QED) is 0.845. The van der Waals surface area contributed by atoms with E-state index in [0.29, 0.717) is 30.7 Å². The van der Waals surface area contributed by atoms with Gasteiger partial charge < -0.3 is 10.6 Å². The molecule has 0 amide bonds. The van der Waals surface area contributed by atoms with E-state index < -0.39 is 11.9 Å². The van der Waals surface area contributed by atoms with E-state index in [1.165, 1.54) is 0 Å². The Labute approximate surface area is 108 Å². The third-order valence-corrected chi connectivity index (χ3v) is 4.17. The molecule has 104 valence electrons. The molecule has 0 radical (unpaired) electrons. The van der Waals surface area contributed by atoms with Crippen molar-refractivity contribution in [3.63, 3.8) is 0 Å². The Morgan fingerprint density at radius 2 is 1.79 bits per heavy atom. The minimum absolute atomic E-state index is 0.181. The van der Waals surface area contributed by atoms with Crippen LogP contribution in [0.1, 0.15) is 18.5 Å². The second-order valence-corrected chi connectivity index (χ2v) is 5.34. The molecule has 2 bridgehead atoms. The second-order valence-electron chi connectivity index (χ2n) is 5.34. The van der Waals surface area contributed by atoms with Crippen LogP contribution >= 0.6 is 0 Å². The number of hydrogen-bond acceptors (Lipinski definition) is 4. The smallest absolute Gasteiger partial charge is 0.356 e. The van der Waals surface area contributed by atoms with E-state index in [-0.39, 0.29) is 6.04 Å². The summed E-state index contributed by atoms with van der Waals surface area (Å²) in [6.07, 6.45) is -1.34. The average Bonchev–Trinajstić information content (AvgIpc) is 2.61. The number of halogens is 3. The Balaban J connectivity index is 1.84. The van der Waals surface area contributed by atoms with Crippen molar-refractivity contribution in [1.29, 1.82) is 0 Å². The van der Waals surface area contributed by atoms with Crippen LogP contribution in [0.4, 0.5) is 19.0 Å². The highest BCUT2D eigenvalue weighted by Gasteiger charge is 2.41. The number of nitrogens with zero attached hydrogens (tertiary/aromatic N) is 3. The van der Waals surface area contributed by atoms with Crippen LogP contribution in [0.25, 0.3) is 0 Å². The molecule has 4 nitrogen and oxygen atoms in total. The molecule has 1 saturated heterocycles. The van der Waals surface area contributed by atoms with Gasteiger partial charge in [-0.15, -0.1) is 0 Å². The minimum Gasteiger partial charge on any atom is -0.356 e. The van der Waals surface area contributed by atoms with Crippen LogP contribution in [0.15, 0.2) is 12.4 Å². The van der Waals surface area contributed by atoms with E-state index in [1.54, 1.807) is 0 Å². The largest absolute Gasteiger partial charge is 0.433 e. The number of rotatable bonds is 1. The molecule has 2 heterocycles. The summed E-state index contributed by atoms with van der Waals surface area (Å²) >= 11 is 0. The Morgan fingerprint density at radius 1 is 1.16 bits per heavy atom. The van der Waals surface area contributed by atoms with Crippen LogP contribution in [0.5, 0.6) is 0 Å². The number of aromatic nitrogens is 2. The maximum Gasteiger partial charge on any atom is 0.433 e. The lowest BCUT2D eigenvalue weighted by molar-refractivity contribution is -0.141. The van der Waals surface area contributed by atoms with Crippen LogP contribution < -0.4 is 10.6 Å². The van der Waals surface area contributed by atoms with E-state index in [4.69, 9.17) is 5.73 Å². The van der Waals surface area contributed by atoms with E-state index in [1.807, 2.05) is 4.90 Å². The molecule has 0 aromatic carbocycles. The van der Waals surface area contributed by atoms with Gasteiger partial charge in [0, 0.05) is 25.2 Å². The van der Waals surface area contributed by atoms with Gasteiger partial charge in [-0.25, -0.2) is 9.97 Å². The molecule has 3 rings (SSSR count). The zero-order valence-electron chi connectivity index (χ0n) is 10.3. The van der Waals surface area contributed by atoms with Gasteiger partial charge in [0.2, 0.25) is 0 Å². The first kappa shape index (κ1) is 12.7. The Morgan fingerprint density at radius 3 is 2.37 bits per heavy atom. The molecule has 1 aromatic heterocycles. The number of hydrogen-bond donors (Lipinski definition) is 1. The minimum atomic E-state index is -4.43. The molecule has 2 fully saturated rings. The maximum atomic E-state index is 12.6. The van der Waals surface area contributed by atoms with Gasteiger partial charge in [-0.3, -0.25) is 0 Å². The first-order valence-corrected chi connectivity index (χ1v) is 6.35. The molecule has 19 heavy (non-hydrogen) atoms. The third kappa shape index (κ3) is 2.27. The maximum absolute atomic E-state index is 12.6. The molecule has 2 atom stereocenters. The highest BCUT2D eigenvalue weighted by molar-refractivity contribution is 5.41. The molecule has 0 spiro atoms. The highest BCUT2D eigenvalue weighted by Crippen LogP contribution is 2.37. The van der Waals surface area contributed by atoms with Crippen molar-refractivity contribution in [2.45, 2.75) is 25.1 Å². The molecular formula is C12H15F3N4. The molecule has 0 unspecified atom stereocenters. The van der Waals surface area contributed by atoms with E-state index in [9.17, 15) is 13.2 Å². The van der Waals surface area contributed by atoms with Gasteiger partial charge in [0.1, 0.15) is 17.8 Å². The summed E-state index contributed by atoms with van der Waals surface area (Å²) in [6, 6.07) is 1.20. The highest BCUT2D eigenvalue weighted by atomic mass is 19.4. The third-order valence-electron chi connectivity index (χ3n) is 4.17. The molecule has 1 saturated carbocycles. The van der Waals surface area contributed by atoms with E-state index >= 15 is 0 Å². The summed E-state index contributed by atoms with van der Waals surface area (Å²) in [5, 5.41) is 0. The molecular weight excluding hydrogens is 257 g/mol. The fourth-order valence-electron chi connectivity index (χ4n) is 3.13. The molecule has 2 N–H and O–H groups in total. The molecule has 1 aromatic rings. The van der Waals surface area contributed by atoms with Crippen LogP contribution in [0.2, 0.25) is 0 Å². The van der Waals surface area contributed by atoms with Crippen molar-refractivity contribution in [2.24, 2.45) is 17.6 Å². The average molecular weight is 272 g/mol. The monoisotopic (exact) mass is 272 g/mol. The number of fused-ring (bicyclic) bond motifs is 2. The number of piperidine rings is 1. The number of anilines is 1. The van der Waals surface area contributed by atoms with Gasteiger partial charge in [-0.2, -0.15) is 13.2 Å². The Kier molecular flexibility index (Phi) is 2.88. The summed E-state index contributed by atoms with van der Waals surface area (Å²) < 4.78 is 37.9. The molecule has 2 aliphatic rings. The zero-order chi connectivity index (χ0) is 13.6. The van der Waals surface area contributed by atoms with Gasteiger partial charge in [0.05, 0.1) is 0 Å². The first-order valence-electron chi connectivity index (χ1n) is 6.35. The summed E-state index contributed by atoms with van der Waals surface area (Å²) in [5.74, 6) is 1.08. The van der Waals surface area contributed by atoms with Gasteiger partial charge in [0.15, 0.2) is 0 Å². The van der Waals surface area contributed by atoms with Gasteiger partial charge in [-0.05, 0) is 24.7 Å². The SMILES string of the molecule is NC1[C@@H]2CC[C@@H]1CN(c1cc(C(F)(F)F)ncn1)C2. The van der Waals surface area contributed by atoms with Crippen molar-refractivity contribution >= 4 is 5.82 Å². The van der Waals surface area contributed by atoms with Crippen molar-refractivity contribution in [3.8, 4) is 0 Å². The summed E-state index contributed by atoms with van der Waals surface area (Å²) in [6.45, 7) is 1.37. The predicted molar refractivity (Wildman–Crippen MR) is 63.4 cm³/mol. The van der Waals surface area contributed by atoms with Crippen molar-refractivity contribution in [1.82, 2.24) is 9.97 Å². The van der Waals surface area contributed by atoms with Crippen LogP contribution in [-0.2, 0) is 6.18 Å². The second kappa shape index (κ2) is 4.33. The molecule has 7 heteroatoms. The van der Waals surface area contributed by atoms with Gasteiger partial charge in [-0.1, -0.05) is 0 Å². The summed E-state index contributed by atoms with van der Waals surface area (Å²) in [7, 11) is 0.